The number of aryl methyl sites for hydroxylation is 1. The van der Waals surface area contributed by atoms with E-state index in [0.717, 1.165) is 21.6 Å². The van der Waals surface area contributed by atoms with Crippen LogP contribution in [0, 0.1) is 0 Å². The van der Waals surface area contributed by atoms with E-state index in [4.69, 9.17) is 23.2 Å². The van der Waals surface area contributed by atoms with Crippen molar-refractivity contribution in [1.82, 2.24) is 4.98 Å². The van der Waals surface area contributed by atoms with Gasteiger partial charge in [0.25, 0.3) is 0 Å². The summed E-state index contributed by atoms with van der Waals surface area (Å²) in [6.45, 7) is 2.08. The molecule has 13 heavy (non-hydrogen) atoms. The van der Waals surface area contributed by atoms with Gasteiger partial charge in [-0.2, -0.15) is 0 Å². The van der Waals surface area contributed by atoms with E-state index in [-0.39, 0.29) is 0 Å². The van der Waals surface area contributed by atoms with E-state index in [1.165, 1.54) is 0 Å². The predicted molar refractivity (Wildman–Crippen MR) is 59.0 cm³/mol. The molecule has 0 saturated carbocycles. The van der Waals surface area contributed by atoms with E-state index in [1.807, 2.05) is 6.07 Å². The number of rotatable bonds is 1. The van der Waals surface area contributed by atoms with Gasteiger partial charge in [-0.05, 0) is 18.6 Å². The molecule has 68 valence electrons. The molecule has 0 aliphatic heterocycles. The van der Waals surface area contributed by atoms with Crippen molar-refractivity contribution in [2.75, 3.05) is 0 Å². The second-order valence-electron chi connectivity index (χ2n) is 2.70. The standard InChI is InChI=1S/C9H7Cl2NS/c1-2-8-12-7-4-5(10)3-6(11)9(7)13-8/h3-4H,2H2,1H3. The molecule has 0 bridgehead atoms. The van der Waals surface area contributed by atoms with Crippen LogP contribution in [-0.4, -0.2) is 4.98 Å². The largest absolute Gasteiger partial charge is 0.241 e. The summed E-state index contributed by atoms with van der Waals surface area (Å²) in [5.41, 5.74) is 0.902. The van der Waals surface area contributed by atoms with Gasteiger partial charge in [0.15, 0.2) is 0 Å². The number of aromatic nitrogens is 1. The quantitative estimate of drug-likeness (QED) is 0.719. The second kappa shape index (κ2) is 3.45. The molecule has 2 rings (SSSR count). The maximum absolute atomic E-state index is 6.02. The molecule has 0 amide bonds. The van der Waals surface area contributed by atoms with Gasteiger partial charge in [0, 0.05) is 5.02 Å². The fourth-order valence-corrected chi connectivity index (χ4v) is 2.64. The number of thiazole rings is 1. The third-order valence-electron chi connectivity index (χ3n) is 1.76. The van der Waals surface area contributed by atoms with Crippen LogP contribution in [0.1, 0.15) is 11.9 Å². The summed E-state index contributed by atoms with van der Waals surface area (Å²) in [6.07, 6.45) is 0.938. The highest BCUT2D eigenvalue weighted by molar-refractivity contribution is 7.19. The average Bonchev–Trinajstić information content (AvgIpc) is 2.47. The van der Waals surface area contributed by atoms with E-state index in [0.29, 0.717) is 10.0 Å². The number of fused-ring (bicyclic) bond motifs is 1. The van der Waals surface area contributed by atoms with Crippen molar-refractivity contribution in [2.45, 2.75) is 13.3 Å². The summed E-state index contributed by atoms with van der Waals surface area (Å²) in [4.78, 5) is 4.40. The van der Waals surface area contributed by atoms with Crippen molar-refractivity contribution in [3.63, 3.8) is 0 Å². The summed E-state index contributed by atoms with van der Waals surface area (Å²) in [7, 11) is 0. The Hall–Kier alpha value is -0.310. The Labute approximate surface area is 90.3 Å². The first kappa shape index (κ1) is 9.25. The lowest BCUT2D eigenvalue weighted by Crippen LogP contribution is -1.74. The van der Waals surface area contributed by atoms with Crippen molar-refractivity contribution >= 4 is 44.8 Å². The summed E-state index contributed by atoms with van der Waals surface area (Å²) >= 11 is 13.5. The topological polar surface area (TPSA) is 12.9 Å². The van der Waals surface area contributed by atoms with Crippen LogP contribution in [-0.2, 0) is 6.42 Å². The molecule has 0 spiro atoms. The van der Waals surface area contributed by atoms with Crippen molar-refractivity contribution in [3.8, 4) is 0 Å². The second-order valence-corrected chi connectivity index (χ2v) is 4.62. The molecule has 0 unspecified atom stereocenters. The number of halogens is 2. The number of nitrogens with zero attached hydrogens (tertiary/aromatic N) is 1. The van der Waals surface area contributed by atoms with Gasteiger partial charge in [-0.1, -0.05) is 30.1 Å². The minimum absolute atomic E-state index is 0.644. The van der Waals surface area contributed by atoms with Crippen molar-refractivity contribution in [2.24, 2.45) is 0 Å². The van der Waals surface area contributed by atoms with Crippen LogP contribution in [0.4, 0.5) is 0 Å². The smallest absolute Gasteiger partial charge is 0.0936 e. The first-order valence-electron chi connectivity index (χ1n) is 3.95. The first-order chi connectivity index (χ1) is 6.20. The predicted octanol–water partition coefficient (Wildman–Crippen LogP) is 4.17. The minimum atomic E-state index is 0.644. The van der Waals surface area contributed by atoms with Crippen LogP contribution in [0.25, 0.3) is 10.2 Å². The summed E-state index contributed by atoms with van der Waals surface area (Å²) < 4.78 is 1.03. The van der Waals surface area contributed by atoms with Gasteiger partial charge < -0.3 is 0 Å². The lowest BCUT2D eigenvalue weighted by Gasteiger charge is -1.92. The van der Waals surface area contributed by atoms with Crippen molar-refractivity contribution in [3.05, 3.63) is 27.2 Å². The van der Waals surface area contributed by atoms with Crippen LogP contribution in [0.5, 0.6) is 0 Å². The number of benzene rings is 1. The highest BCUT2D eigenvalue weighted by Gasteiger charge is 2.06. The van der Waals surface area contributed by atoms with Gasteiger partial charge in [0.2, 0.25) is 0 Å². The van der Waals surface area contributed by atoms with E-state index in [9.17, 15) is 0 Å². The monoisotopic (exact) mass is 231 g/mol. The van der Waals surface area contributed by atoms with Crippen LogP contribution in [0.2, 0.25) is 10.0 Å². The normalized spacial score (nSPS) is 11.0. The van der Waals surface area contributed by atoms with Crippen molar-refractivity contribution in [1.29, 1.82) is 0 Å². The molecule has 1 aromatic carbocycles. The molecular formula is C9H7Cl2NS. The maximum atomic E-state index is 6.02. The molecule has 1 nitrogen and oxygen atoms in total. The third kappa shape index (κ3) is 1.66. The van der Waals surface area contributed by atoms with Crippen molar-refractivity contribution < 1.29 is 0 Å². The van der Waals surface area contributed by atoms with Gasteiger partial charge in [-0.25, -0.2) is 4.98 Å². The molecule has 0 fully saturated rings. The van der Waals surface area contributed by atoms with Crippen LogP contribution >= 0.6 is 34.5 Å². The maximum Gasteiger partial charge on any atom is 0.0936 e. The summed E-state index contributed by atoms with van der Waals surface area (Å²) in [6, 6.07) is 3.60. The van der Waals surface area contributed by atoms with E-state index in [1.54, 1.807) is 17.4 Å². The highest BCUT2D eigenvalue weighted by Crippen LogP contribution is 2.32. The minimum Gasteiger partial charge on any atom is -0.241 e. The average molecular weight is 232 g/mol. The molecule has 0 saturated heterocycles. The zero-order chi connectivity index (χ0) is 9.42. The molecular weight excluding hydrogens is 225 g/mol. The summed E-state index contributed by atoms with van der Waals surface area (Å²) in [5, 5.41) is 2.43. The Morgan fingerprint density at radius 1 is 1.38 bits per heavy atom. The lowest BCUT2D eigenvalue weighted by molar-refractivity contribution is 1.11. The molecule has 0 aliphatic rings. The van der Waals surface area contributed by atoms with Crippen LogP contribution in [0.3, 0.4) is 0 Å². The van der Waals surface area contributed by atoms with Gasteiger partial charge >= 0.3 is 0 Å². The zero-order valence-electron chi connectivity index (χ0n) is 6.97. The van der Waals surface area contributed by atoms with Gasteiger partial charge in [-0.15, -0.1) is 11.3 Å². The Kier molecular flexibility index (Phi) is 2.45. The fraction of sp³-hybridized carbons (Fsp3) is 0.222. The first-order valence-corrected chi connectivity index (χ1v) is 5.52. The molecule has 0 radical (unpaired) electrons. The highest BCUT2D eigenvalue weighted by atomic mass is 35.5. The van der Waals surface area contributed by atoms with Crippen LogP contribution < -0.4 is 0 Å². The SMILES string of the molecule is CCc1nc2cc(Cl)cc(Cl)c2s1. The van der Waals surface area contributed by atoms with Crippen LogP contribution in [0.15, 0.2) is 12.1 Å². The Morgan fingerprint density at radius 3 is 2.85 bits per heavy atom. The number of hydrogen-bond donors (Lipinski definition) is 0. The Morgan fingerprint density at radius 2 is 2.15 bits per heavy atom. The Balaban J connectivity index is 2.75. The molecule has 0 atom stereocenters. The van der Waals surface area contributed by atoms with E-state index < -0.39 is 0 Å². The van der Waals surface area contributed by atoms with Gasteiger partial charge in [0.1, 0.15) is 0 Å². The number of hydrogen-bond acceptors (Lipinski definition) is 2. The third-order valence-corrected chi connectivity index (χ3v) is 3.63. The molecule has 1 heterocycles. The Bertz CT molecular complexity index is 450. The van der Waals surface area contributed by atoms with Gasteiger partial charge in [-0.3, -0.25) is 0 Å². The molecule has 0 N–H and O–H groups in total. The summed E-state index contributed by atoms with van der Waals surface area (Å²) in [5.74, 6) is 0. The molecule has 1 aromatic heterocycles. The molecule has 2 aromatic rings. The zero-order valence-corrected chi connectivity index (χ0v) is 9.30. The fourth-order valence-electron chi connectivity index (χ4n) is 1.16. The van der Waals surface area contributed by atoms with E-state index >= 15 is 0 Å². The molecule has 0 aliphatic carbocycles. The molecule has 4 heteroatoms. The van der Waals surface area contributed by atoms with E-state index in [2.05, 4.69) is 11.9 Å². The van der Waals surface area contributed by atoms with Gasteiger partial charge in [0.05, 0.1) is 20.2 Å². The lowest BCUT2D eigenvalue weighted by atomic mass is 10.3.